The van der Waals surface area contributed by atoms with Crippen molar-refractivity contribution < 1.29 is 8.42 Å². The zero-order valence-electron chi connectivity index (χ0n) is 12.7. The molecule has 2 N–H and O–H groups in total. The van der Waals surface area contributed by atoms with E-state index < -0.39 is 10.0 Å². The predicted molar refractivity (Wildman–Crippen MR) is 89.2 cm³/mol. The Morgan fingerprint density at radius 1 is 1.00 bits per heavy atom. The van der Waals surface area contributed by atoms with Crippen LogP contribution in [0.2, 0.25) is 0 Å². The van der Waals surface area contributed by atoms with Crippen molar-refractivity contribution in [2.24, 2.45) is 0 Å². The summed E-state index contributed by atoms with van der Waals surface area (Å²) in [5, 5.41) is 10.9. The lowest BCUT2D eigenvalue weighted by molar-refractivity contribution is 0.602. The zero-order valence-corrected chi connectivity index (χ0v) is 13.6. The Labute approximate surface area is 130 Å². The van der Waals surface area contributed by atoms with E-state index in [0.717, 1.165) is 11.4 Å². The van der Waals surface area contributed by atoms with Gasteiger partial charge in [-0.15, -0.1) is 10.2 Å². The Kier molecular flexibility index (Phi) is 4.81. The summed E-state index contributed by atoms with van der Waals surface area (Å²) in [5.41, 5.74) is 1.97. The number of rotatable bonds is 6. The Balaban J connectivity index is 2.05. The minimum absolute atomic E-state index is 0.00704. The summed E-state index contributed by atoms with van der Waals surface area (Å²) in [5.74, 6) is 0.736. The van der Waals surface area contributed by atoms with Gasteiger partial charge >= 0.3 is 0 Å². The van der Waals surface area contributed by atoms with Crippen LogP contribution in [-0.2, 0) is 10.0 Å². The largest absolute Gasteiger partial charge is 0.378 e. The van der Waals surface area contributed by atoms with Gasteiger partial charge in [-0.25, -0.2) is 8.42 Å². The highest BCUT2D eigenvalue weighted by Gasteiger charge is 2.08. The van der Waals surface area contributed by atoms with Crippen LogP contribution in [0.15, 0.2) is 36.4 Å². The number of sulfonamides is 1. The molecule has 0 aliphatic heterocycles. The van der Waals surface area contributed by atoms with E-state index in [-0.39, 0.29) is 11.6 Å². The van der Waals surface area contributed by atoms with Crippen LogP contribution in [0.5, 0.6) is 0 Å². The van der Waals surface area contributed by atoms with E-state index in [0.29, 0.717) is 5.82 Å². The smallest absolute Gasteiger partial charge is 0.233 e. The molecule has 118 valence electrons. The predicted octanol–water partition coefficient (Wildman–Crippen LogP) is 2.05. The van der Waals surface area contributed by atoms with Crippen molar-refractivity contribution in [3.05, 3.63) is 36.4 Å². The van der Waals surface area contributed by atoms with Crippen molar-refractivity contribution in [2.75, 3.05) is 34.8 Å². The van der Waals surface area contributed by atoms with Crippen molar-refractivity contribution in [1.82, 2.24) is 10.2 Å². The maximum Gasteiger partial charge on any atom is 0.233 e. The third-order valence-electron chi connectivity index (χ3n) is 2.96. The lowest BCUT2D eigenvalue weighted by Gasteiger charge is -2.13. The molecule has 1 aromatic heterocycles. The van der Waals surface area contributed by atoms with Crippen LogP contribution in [0.3, 0.4) is 0 Å². The lowest BCUT2D eigenvalue weighted by atomic mass is 10.2. The number of anilines is 4. The summed E-state index contributed by atoms with van der Waals surface area (Å²) in [6, 6.07) is 11.1. The Hall–Kier alpha value is -2.35. The molecule has 2 rings (SSSR count). The standard InChI is InChI=1S/C14H19N5O2S/c1-4-22(20,21)18-14-10-9-13(16-17-14)15-11-5-7-12(8-6-11)19(2)3/h5-10H,4H2,1-3H3,(H,15,16)(H,17,18). The molecule has 0 saturated carbocycles. The minimum atomic E-state index is -3.33. The van der Waals surface area contributed by atoms with Gasteiger partial charge in [-0.05, 0) is 43.3 Å². The van der Waals surface area contributed by atoms with Crippen molar-refractivity contribution in [3.8, 4) is 0 Å². The van der Waals surface area contributed by atoms with Gasteiger partial charge in [0.05, 0.1) is 5.75 Å². The van der Waals surface area contributed by atoms with E-state index in [2.05, 4.69) is 20.2 Å². The van der Waals surface area contributed by atoms with Gasteiger partial charge in [0.2, 0.25) is 10.0 Å². The van der Waals surface area contributed by atoms with Crippen LogP contribution in [0, 0.1) is 0 Å². The fourth-order valence-electron chi connectivity index (χ4n) is 1.68. The molecule has 0 amide bonds. The van der Waals surface area contributed by atoms with Crippen LogP contribution in [0.1, 0.15) is 6.92 Å². The number of nitrogens with one attached hydrogen (secondary N) is 2. The van der Waals surface area contributed by atoms with Gasteiger partial charge in [0, 0.05) is 25.5 Å². The lowest BCUT2D eigenvalue weighted by Crippen LogP contribution is -2.15. The second-order valence-corrected chi connectivity index (χ2v) is 6.89. The SMILES string of the molecule is CCS(=O)(=O)Nc1ccc(Nc2ccc(N(C)C)cc2)nn1. The highest BCUT2D eigenvalue weighted by molar-refractivity contribution is 7.92. The number of aromatic nitrogens is 2. The van der Waals surface area contributed by atoms with E-state index in [9.17, 15) is 8.42 Å². The van der Waals surface area contributed by atoms with Gasteiger partial charge in [0.15, 0.2) is 11.6 Å². The molecular weight excluding hydrogens is 302 g/mol. The third kappa shape index (κ3) is 4.32. The number of hydrogen-bond donors (Lipinski definition) is 2. The molecule has 0 fully saturated rings. The summed E-state index contributed by atoms with van der Waals surface area (Å²) in [6.45, 7) is 1.56. The van der Waals surface area contributed by atoms with E-state index >= 15 is 0 Å². The first-order valence-corrected chi connectivity index (χ1v) is 8.43. The molecule has 0 aliphatic carbocycles. The molecule has 0 radical (unpaired) electrons. The second-order valence-electron chi connectivity index (χ2n) is 4.88. The fraction of sp³-hybridized carbons (Fsp3) is 0.286. The zero-order chi connectivity index (χ0) is 16.2. The van der Waals surface area contributed by atoms with Gasteiger partial charge in [-0.3, -0.25) is 4.72 Å². The number of benzene rings is 1. The van der Waals surface area contributed by atoms with Crippen molar-refractivity contribution in [2.45, 2.75) is 6.92 Å². The summed E-state index contributed by atoms with van der Waals surface area (Å²) < 4.78 is 25.2. The maximum atomic E-state index is 11.4. The maximum absolute atomic E-state index is 11.4. The Morgan fingerprint density at radius 3 is 2.09 bits per heavy atom. The van der Waals surface area contributed by atoms with Crippen LogP contribution in [0.4, 0.5) is 23.0 Å². The van der Waals surface area contributed by atoms with E-state index in [1.54, 1.807) is 19.1 Å². The normalized spacial score (nSPS) is 11.0. The van der Waals surface area contributed by atoms with Crippen molar-refractivity contribution >= 4 is 33.0 Å². The first-order chi connectivity index (χ1) is 10.4. The molecule has 0 bridgehead atoms. The summed E-state index contributed by atoms with van der Waals surface area (Å²) >= 11 is 0. The molecule has 0 unspecified atom stereocenters. The van der Waals surface area contributed by atoms with Crippen LogP contribution >= 0.6 is 0 Å². The number of hydrogen-bond acceptors (Lipinski definition) is 6. The van der Waals surface area contributed by atoms with Gasteiger partial charge in [-0.2, -0.15) is 0 Å². The Bertz CT molecular complexity index is 712. The third-order valence-corrected chi connectivity index (χ3v) is 4.24. The molecule has 0 atom stereocenters. The first kappa shape index (κ1) is 16.0. The van der Waals surface area contributed by atoms with Gasteiger partial charge in [0.1, 0.15) is 0 Å². The van der Waals surface area contributed by atoms with E-state index in [4.69, 9.17) is 0 Å². The molecule has 2 aromatic rings. The summed E-state index contributed by atoms with van der Waals surface area (Å²) in [6.07, 6.45) is 0. The second kappa shape index (κ2) is 6.61. The van der Waals surface area contributed by atoms with Crippen LogP contribution in [-0.4, -0.2) is 38.5 Å². The first-order valence-electron chi connectivity index (χ1n) is 6.78. The van der Waals surface area contributed by atoms with Crippen LogP contribution in [0.25, 0.3) is 0 Å². The molecule has 1 heterocycles. The Morgan fingerprint density at radius 2 is 1.59 bits per heavy atom. The van der Waals surface area contributed by atoms with Crippen molar-refractivity contribution in [1.29, 1.82) is 0 Å². The molecule has 0 saturated heterocycles. The highest BCUT2D eigenvalue weighted by Crippen LogP contribution is 2.19. The molecule has 7 nitrogen and oxygen atoms in total. The highest BCUT2D eigenvalue weighted by atomic mass is 32.2. The molecule has 0 aliphatic rings. The average Bonchev–Trinajstić information content (AvgIpc) is 2.49. The molecular formula is C14H19N5O2S. The van der Waals surface area contributed by atoms with Crippen LogP contribution < -0.4 is 14.9 Å². The van der Waals surface area contributed by atoms with Gasteiger partial charge in [-0.1, -0.05) is 0 Å². The van der Waals surface area contributed by atoms with Gasteiger partial charge < -0.3 is 10.2 Å². The topological polar surface area (TPSA) is 87.2 Å². The minimum Gasteiger partial charge on any atom is -0.378 e. The van der Waals surface area contributed by atoms with Gasteiger partial charge in [0.25, 0.3) is 0 Å². The molecule has 1 aromatic carbocycles. The fourth-order valence-corrected chi connectivity index (χ4v) is 2.25. The van der Waals surface area contributed by atoms with E-state index in [1.165, 1.54) is 0 Å². The average molecular weight is 321 g/mol. The number of nitrogens with zero attached hydrogens (tertiary/aromatic N) is 3. The monoisotopic (exact) mass is 321 g/mol. The summed E-state index contributed by atoms with van der Waals surface area (Å²) in [7, 11) is 0.618. The molecule has 8 heteroatoms. The van der Waals surface area contributed by atoms with E-state index in [1.807, 2.05) is 43.3 Å². The van der Waals surface area contributed by atoms with Crippen molar-refractivity contribution in [3.63, 3.8) is 0 Å². The quantitative estimate of drug-likeness (QED) is 0.847. The summed E-state index contributed by atoms with van der Waals surface area (Å²) in [4.78, 5) is 2.01. The molecule has 22 heavy (non-hydrogen) atoms. The molecule has 0 spiro atoms.